The summed E-state index contributed by atoms with van der Waals surface area (Å²) in [5.74, 6) is 3.19. The van der Waals surface area contributed by atoms with Crippen LogP contribution in [0.15, 0.2) is 60.7 Å². The summed E-state index contributed by atoms with van der Waals surface area (Å²) in [5.41, 5.74) is 0.478. The first-order valence-corrected chi connectivity index (χ1v) is 11.9. The maximum Gasteiger partial charge on any atom is 0.343 e. The van der Waals surface area contributed by atoms with Gasteiger partial charge in [0.2, 0.25) is 0 Å². The molecule has 1 saturated carbocycles. The maximum atomic E-state index is 12.2. The number of hydrogen-bond acceptors (Lipinski definition) is 4. The van der Waals surface area contributed by atoms with Crippen LogP contribution in [0.5, 0.6) is 17.2 Å². The largest absolute Gasteiger partial charge is 0.497 e. The molecular formula is C28H36O4. The standard InChI is InChI=1S/C28H36O4/c1-3-4-5-7-22-9-11-23(12-10-22)8-6-21-31-26-17-19-27(20-18-26)32-28(29)24-13-15-25(30-2)16-14-24/h6,8,13-20,22-23H,3-5,7,9-12,21H2,1-2H3/b8-6+. The Balaban J connectivity index is 1.36. The van der Waals surface area contributed by atoms with Crippen molar-refractivity contribution in [2.24, 2.45) is 11.8 Å². The molecule has 0 heterocycles. The van der Waals surface area contributed by atoms with Crippen LogP contribution in [0.2, 0.25) is 0 Å². The molecule has 0 aromatic heterocycles. The first-order chi connectivity index (χ1) is 15.7. The molecule has 0 N–H and O–H groups in total. The van der Waals surface area contributed by atoms with E-state index in [2.05, 4.69) is 19.1 Å². The second-order valence-corrected chi connectivity index (χ2v) is 8.61. The highest BCUT2D eigenvalue weighted by Gasteiger charge is 2.18. The van der Waals surface area contributed by atoms with Crippen LogP contribution < -0.4 is 14.2 Å². The molecule has 4 heteroatoms. The number of ether oxygens (including phenoxy) is 3. The molecule has 1 aliphatic rings. The average molecular weight is 437 g/mol. The van der Waals surface area contributed by atoms with E-state index in [0.29, 0.717) is 29.6 Å². The van der Waals surface area contributed by atoms with Gasteiger partial charge in [-0.1, -0.05) is 44.8 Å². The number of allylic oxidation sites excluding steroid dienone is 1. The minimum atomic E-state index is -0.399. The Morgan fingerprint density at radius 2 is 1.56 bits per heavy atom. The highest BCUT2D eigenvalue weighted by molar-refractivity contribution is 5.91. The summed E-state index contributed by atoms with van der Waals surface area (Å²) in [6, 6.07) is 14.0. The molecule has 0 unspecified atom stereocenters. The zero-order valence-electron chi connectivity index (χ0n) is 19.4. The van der Waals surface area contributed by atoms with E-state index >= 15 is 0 Å². The van der Waals surface area contributed by atoms with E-state index in [1.54, 1.807) is 43.5 Å². The average Bonchev–Trinajstić information content (AvgIpc) is 2.84. The summed E-state index contributed by atoms with van der Waals surface area (Å²) < 4.78 is 16.3. The van der Waals surface area contributed by atoms with Crippen LogP contribution in [0.25, 0.3) is 0 Å². The molecule has 0 atom stereocenters. The number of rotatable bonds is 11. The first-order valence-electron chi connectivity index (χ1n) is 11.9. The lowest BCUT2D eigenvalue weighted by Gasteiger charge is -2.26. The molecule has 0 amide bonds. The molecule has 0 bridgehead atoms. The van der Waals surface area contributed by atoms with Gasteiger partial charge in [0, 0.05) is 0 Å². The number of carbonyl (C=O) groups excluding carboxylic acids is 1. The monoisotopic (exact) mass is 436 g/mol. The summed E-state index contributed by atoms with van der Waals surface area (Å²) in [6.45, 7) is 2.83. The van der Waals surface area contributed by atoms with Crippen molar-refractivity contribution < 1.29 is 19.0 Å². The van der Waals surface area contributed by atoms with Crippen molar-refractivity contribution in [2.75, 3.05) is 13.7 Å². The second-order valence-electron chi connectivity index (χ2n) is 8.61. The topological polar surface area (TPSA) is 44.8 Å². The Bertz CT molecular complexity index is 831. The molecule has 3 rings (SSSR count). The number of methoxy groups -OCH3 is 1. The van der Waals surface area contributed by atoms with E-state index in [-0.39, 0.29) is 0 Å². The number of carbonyl (C=O) groups is 1. The molecule has 2 aromatic rings. The van der Waals surface area contributed by atoms with Crippen LogP contribution in [0.4, 0.5) is 0 Å². The summed E-state index contributed by atoms with van der Waals surface area (Å²) in [4.78, 5) is 12.2. The van der Waals surface area contributed by atoms with Gasteiger partial charge in [0.15, 0.2) is 0 Å². The van der Waals surface area contributed by atoms with Crippen LogP contribution >= 0.6 is 0 Å². The van der Waals surface area contributed by atoms with Gasteiger partial charge in [0.1, 0.15) is 23.9 Å². The van der Waals surface area contributed by atoms with E-state index in [1.165, 1.54) is 51.4 Å². The third-order valence-electron chi connectivity index (χ3n) is 6.22. The fraction of sp³-hybridized carbons (Fsp3) is 0.464. The molecule has 0 radical (unpaired) electrons. The van der Waals surface area contributed by atoms with Gasteiger partial charge < -0.3 is 14.2 Å². The number of esters is 1. The van der Waals surface area contributed by atoms with Crippen LogP contribution in [0.1, 0.15) is 68.6 Å². The number of hydrogen-bond donors (Lipinski definition) is 0. The molecule has 1 aliphatic carbocycles. The van der Waals surface area contributed by atoms with Crippen molar-refractivity contribution in [3.8, 4) is 17.2 Å². The molecule has 2 aromatic carbocycles. The Morgan fingerprint density at radius 1 is 0.906 bits per heavy atom. The van der Waals surface area contributed by atoms with Crippen LogP contribution in [-0.4, -0.2) is 19.7 Å². The molecule has 172 valence electrons. The summed E-state index contributed by atoms with van der Waals surface area (Å²) in [6.07, 6.45) is 15.3. The van der Waals surface area contributed by atoms with Gasteiger partial charge in [-0.25, -0.2) is 4.79 Å². The quantitative estimate of drug-likeness (QED) is 0.161. The van der Waals surface area contributed by atoms with Crippen molar-refractivity contribution in [2.45, 2.75) is 58.3 Å². The smallest absolute Gasteiger partial charge is 0.343 e. The second kappa shape index (κ2) is 12.9. The van der Waals surface area contributed by atoms with E-state index in [0.717, 1.165) is 11.7 Å². The zero-order chi connectivity index (χ0) is 22.6. The highest BCUT2D eigenvalue weighted by Crippen LogP contribution is 2.32. The molecule has 0 spiro atoms. The highest BCUT2D eigenvalue weighted by atomic mass is 16.5. The molecule has 0 saturated heterocycles. The van der Waals surface area contributed by atoms with Crippen LogP contribution in [0, 0.1) is 11.8 Å². The number of benzene rings is 2. The van der Waals surface area contributed by atoms with Gasteiger partial charge >= 0.3 is 5.97 Å². The van der Waals surface area contributed by atoms with E-state index in [1.807, 2.05) is 12.1 Å². The third kappa shape index (κ3) is 7.74. The number of unbranched alkanes of at least 4 members (excludes halogenated alkanes) is 2. The summed E-state index contributed by atoms with van der Waals surface area (Å²) in [5, 5.41) is 0. The maximum absolute atomic E-state index is 12.2. The minimum absolute atomic E-state index is 0.399. The normalized spacial score (nSPS) is 18.4. The fourth-order valence-electron chi connectivity index (χ4n) is 4.24. The Kier molecular flexibility index (Phi) is 9.67. The lowest BCUT2D eigenvalue weighted by molar-refractivity contribution is 0.0734. The molecule has 32 heavy (non-hydrogen) atoms. The molecule has 0 aliphatic heterocycles. The van der Waals surface area contributed by atoms with E-state index < -0.39 is 5.97 Å². The minimum Gasteiger partial charge on any atom is -0.497 e. The molecule has 4 nitrogen and oxygen atoms in total. The first kappa shape index (κ1) is 23.9. The predicted octanol–water partition coefficient (Wildman–Crippen LogP) is 7.24. The summed E-state index contributed by atoms with van der Waals surface area (Å²) in [7, 11) is 1.59. The lowest BCUT2D eigenvalue weighted by Crippen LogP contribution is -2.13. The predicted molar refractivity (Wildman–Crippen MR) is 129 cm³/mol. The zero-order valence-corrected chi connectivity index (χ0v) is 19.4. The fourth-order valence-corrected chi connectivity index (χ4v) is 4.24. The van der Waals surface area contributed by atoms with Crippen molar-refractivity contribution in [1.29, 1.82) is 0 Å². The van der Waals surface area contributed by atoms with Gasteiger partial charge in [-0.15, -0.1) is 0 Å². The van der Waals surface area contributed by atoms with Crippen LogP contribution in [-0.2, 0) is 0 Å². The Labute approximate surface area is 192 Å². The molecular weight excluding hydrogens is 400 g/mol. The molecule has 1 fully saturated rings. The lowest BCUT2D eigenvalue weighted by atomic mass is 9.79. The Morgan fingerprint density at radius 3 is 2.22 bits per heavy atom. The van der Waals surface area contributed by atoms with Crippen molar-refractivity contribution in [3.63, 3.8) is 0 Å². The third-order valence-corrected chi connectivity index (χ3v) is 6.22. The summed E-state index contributed by atoms with van der Waals surface area (Å²) >= 11 is 0. The van der Waals surface area contributed by atoms with E-state index in [9.17, 15) is 4.79 Å². The Hall–Kier alpha value is -2.75. The van der Waals surface area contributed by atoms with Gasteiger partial charge in [-0.2, -0.15) is 0 Å². The van der Waals surface area contributed by atoms with Crippen molar-refractivity contribution >= 4 is 5.97 Å². The van der Waals surface area contributed by atoms with Crippen molar-refractivity contribution in [3.05, 3.63) is 66.2 Å². The van der Waals surface area contributed by atoms with Gasteiger partial charge in [-0.3, -0.25) is 0 Å². The van der Waals surface area contributed by atoms with Gasteiger partial charge in [0.25, 0.3) is 0 Å². The van der Waals surface area contributed by atoms with Crippen LogP contribution in [0.3, 0.4) is 0 Å². The van der Waals surface area contributed by atoms with Crippen molar-refractivity contribution in [1.82, 2.24) is 0 Å². The van der Waals surface area contributed by atoms with Gasteiger partial charge in [-0.05, 0) is 86.1 Å². The van der Waals surface area contributed by atoms with E-state index in [4.69, 9.17) is 14.2 Å². The van der Waals surface area contributed by atoms with Gasteiger partial charge in [0.05, 0.1) is 12.7 Å². The SMILES string of the molecule is CCCCCC1CCC(/C=C/COc2ccc(OC(=O)c3ccc(OC)cc3)cc2)CC1.